The Morgan fingerprint density at radius 1 is 1.21 bits per heavy atom. The van der Waals surface area contributed by atoms with Crippen molar-refractivity contribution in [1.82, 2.24) is 9.80 Å². The number of likely N-dealkylation sites (N-methyl/N-ethyl adjacent to an activating group) is 1. The molecule has 2 fully saturated rings. The predicted octanol–water partition coefficient (Wildman–Crippen LogP) is 2.32. The van der Waals surface area contributed by atoms with Crippen molar-refractivity contribution in [2.75, 3.05) is 53.0 Å². The van der Waals surface area contributed by atoms with Crippen LogP contribution in [0, 0.1) is 17.8 Å². The summed E-state index contributed by atoms with van der Waals surface area (Å²) in [6.45, 7) is 12.6. The maximum atomic E-state index is 5.40. The second kappa shape index (κ2) is 7.61. The lowest BCUT2D eigenvalue weighted by Gasteiger charge is -2.31. The molecule has 2 aliphatic rings. The lowest BCUT2D eigenvalue weighted by molar-refractivity contribution is 0.0333. The topological polar surface area (TPSA) is 15.7 Å². The van der Waals surface area contributed by atoms with Gasteiger partial charge >= 0.3 is 0 Å². The standard InChI is InChI=1S/C16H32N2O/c1-4-15-6-5-14(2)16(15)13-17(3)7-8-18-9-11-19-12-10-18/h14-16H,4-13H2,1-3H3. The van der Waals surface area contributed by atoms with E-state index in [9.17, 15) is 0 Å². The Morgan fingerprint density at radius 2 is 1.95 bits per heavy atom. The van der Waals surface area contributed by atoms with Gasteiger partial charge in [-0.25, -0.2) is 0 Å². The molecule has 0 aromatic rings. The van der Waals surface area contributed by atoms with Crippen molar-refractivity contribution in [3.8, 4) is 0 Å². The minimum Gasteiger partial charge on any atom is -0.379 e. The van der Waals surface area contributed by atoms with Gasteiger partial charge in [-0.1, -0.05) is 26.7 Å². The minimum absolute atomic E-state index is 0.918. The predicted molar refractivity (Wildman–Crippen MR) is 80.4 cm³/mol. The number of hydrogen-bond acceptors (Lipinski definition) is 3. The molecule has 3 unspecified atom stereocenters. The van der Waals surface area contributed by atoms with Gasteiger partial charge in [0.05, 0.1) is 13.2 Å². The van der Waals surface area contributed by atoms with Gasteiger partial charge in [-0.05, 0) is 31.2 Å². The molecule has 19 heavy (non-hydrogen) atoms. The van der Waals surface area contributed by atoms with Crippen LogP contribution in [0.3, 0.4) is 0 Å². The number of morpholine rings is 1. The largest absolute Gasteiger partial charge is 0.379 e. The SMILES string of the molecule is CCC1CCC(C)C1CN(C)CCN1CCOCC1. The summed E-state index contributed by atoms with van der Waals surface area (Å²) in [7, 11) is 2.30. The molecule has 3 atom stereocenters. The Balaban J connectivity index is 1.69. The summed E-state index contributed by atoms with van der Waals surface area (Å²) in [5.74, 6) is 2.83. The van der Waals surface area contributed by atoms with E-state index in [-0.39, 0.29) is 0 Å². The van der Waals surface area contributed by atoms with E-state index in [1.54, 1.807) is 0 Å². The molecule has 3 nitrogen and oxygen atoms in total. The van der Waals surface area contributed by atoms with Gasteiger partial charge in [0.2, 0.25) is 0 Å². The van der Waals surface area contributed by atoms with Crippen LogP contribution in [0.1, 0.15) is 33.1 Å². The smallest absolute Gasteiger partial charge is 0.0594 e. The van der Waals surface area contributed by atoms with Gasteiger partial charge in [0.25, 0.3) is 0 Å². The summed E-state index contributed by atoms with van der Waals surface area (Å²) < 4.78 is 5.40. The molecular formula is C16H32N2O. The van der Waals surface area contributed by atoms with Crippen LogP contribution in [0.4, 0.5) is 0 Å². The van der Waals surface area contributed by atoms with E-state index in [4.69, 9.17) is 4.74 Å². The van der Waals surface area contributed by atoms with E-state index in [0.29, 0.717) is 0 Å². The maximum absolute atomic E-state index is 5.40. The zero-order chi connectivity index (χ0) is 13.7. The molecule has 0 aromatic heterocycles. The molecular weight excluding hydrogens is 236 g/mol. The van der Waals surface area contributed by atoms with Crippen molar-refractivity contribution in [1.29, 1.82) is 0 Å². The van der Waals surface area contributed by atoms with Gasteiger partial charge in [-0.3, -0.25) is 4.90 Å². The highest BCUT2D eigenvalue weighted by Gasteiger charge is 2.32. The third-order valence-electron chi connectivity index (χ3n) is 5.28. The third-order valence-corrected chi connectivity index (χ3v) is 5.28. The Morgan fingerprint density at radius 3 is 2.63 bits per heavy atom. The zero-order valence-electron chi connectivity index (χ0n) is 13.1. The van der Waals surface area contributed by atoms with E-state index in [1.165, 1.54) is 38.9 Å². The molecule has 1 saturated carbocycles. The van der Waals surface area contributed by atoms with Gasteiger partial charge in [0, 0.05) is 32.7 Å². The van der Waals surface area contributed by atoms with Gasteiger partial charge in [-0.15, -0.1) is 0 Å². The van der Waals surface area contributed by atoms with Gasteiger partial charge in [-0.2, -0.15) is 0 Å². The van der Waals surface area contributed by atoms with E-state index in [0.717, 1.165) is 44.1 Å². The summed E-state index contributed by atoms with van der Waals surface area (Å²) in [6.07, 6.45) is 4.27. The fourth-order valence-electron chi connectivity index (χ4n) is 3.79. The third kappa shape index (κ3) is 4.44. The molecule has 1 heterocycles. The van der Waals surface area contributed by atoms with Gasteiger partial charge in [0.15, 0.2) is 0 Å². The fraction of sp³-hybridized carbons (Fsp3) is 1.00. The van der Waals surface area contributed by atoms with Crippen LogP contribution in [0.5, 0.6) is 0 Å². The molecule has 0 N–H and O–H groups in total. The molecule has 0 radical (unpaired) electrons. The molecule has 3 heteroatoms. The van der Waals surface area contributed by atoms with Crippen molar-refractivity contribution in [2.24, 2.45) is 17.8 Å². The highest BCUT2D eigenvalue weighted by atomic mass is 16.5. The lowest BCUT2D eigenvalue weighted by Crippen LogP contribution is -2.42. The highest BCUT2D eigenvalue weighted by molar-refractivity contribution is 4.83. The number of ether oxygens (including phenoxy) is 1. The Labute approximate surface area is 119 Å². The fourth-order valence-corrected chi connectivity index (χ4v) is 3.79. The van der Waals surface area contributed by atoms with Crippen molar-refractivity contribution >= 4 is 0 Å². The van der Waals surface area contributed by atoms with Gasteiger partial charge < -0.3 is 9.64 Å². The monoisotopic (exact) mass is 268 g/mol. The van der Waals surface area contributed by atoms with Crippen molar-refractivity contribution in [2.45, 2.75) is 33.1 Å². The second-order valence-electron chi connectivity index (χ2n) is 6.60. The minimum atomic E-state index is 0.918. The number of hydrogen-bond donors (Lipinski definition) is 0. The lowest BCUT2D eigenvalue weighted by atomic mass is 9.88. The molecule has 1 aliphatic heterocycles. The van der Waals surface area contributed by atoms with Crippen molar-refractivity contribution < 1.29 is 4.74 Å². The van der Waals surface area contributed by atoms with E-state index in [2.05, 4.69) is 30.7 Å². The molecule has 0 bridgehead atoms. The Hall–Kier alpha value is -0.120. The summed E-state index contributed by atoms with van der Waals surface area (Å²) >= 11 is 0. The molecule has 112 valence electrons. The Bertz CT molecular complexity index is 253. The van der Waals surface area contributed by atoms with Crippen molar-refractivity contribution in [3.05, 3.63) is 0 Å². The van der Waals surface area contributed by atoms with E-state index < -0.39 is 0 Å². The molecule has 0 amide bonds. The summed E-state index contributed by atoms with van der Waals surface area (Å²) in [5, 5.41) is 0. The highest BCUT2D eigenvalue weighted by Crippen LogP contribution is 2.38. The normalized spacial score (nSPS) is 33.2. The van der Waals surface area contributed by atoms with Crippen LogP contribution in [-0.2, 0) is 4.74 Å². The van der Waals surface area contributed by atoms with Crippen LogP contribution in [0.15, 0.2) is 0 Å². The first-order valence-corrected chi connectivity index (χ1v) is 8.19. The first kappa shape index (κ1) is 15.3. The van der Waals surface area contributed by atoms with Crippen molar-refractivity contribution in [3.63, 3.8) is 0 Å². The first-order valence-electron chi connectivity index (χ1n) is 8.19. The van der Waals surface area contributed by atoms with Crippen LogP contribution in [0.25, 0.3) is 0 Å². The molecule has 0 spiro atoms. The first-order chi connectivity index (χ1) is 9.20. The zero-order valence-corrected chi connectivity index (χ0v) is 13.1. The van der Waals surface area contributed by atoms with E-state index >= 15 is 0 Å². The molecule has 1 aliphatic carbocycles. The maximum Gasteiger partial charge on any atom is 0.0594 e. The van der Waals surface area contributed by atoms with Gasteiger partial charge in [0.1, 0.15) is 0 Å². The summed E-state index contributed by atoms with van der Waals surface area (Å²) in [6, 6.07) is 0. The average Bonchev–Trinajstić information content (AvgIpc) is 2.78. The average molecular weight is 268 g/mol. The second-order valence-corrected chi connectivity index (χ2v) is 6.60. The van der Waals surface area contributed by atoms with Crippen LogP contribution < -0.4 is 0 Å². The summed E-state index contributed by atoms with van der Waals surface area (Å²) in [5.41, 5.74) is 0. The molecule has 2 rings (SSSR count). The van der Waals surface area contributed by atoms with E-state index in [1.807, 2.05) is 0 Å². The Kier molecular flexibility index (Phi) is 6.11. The number of nitrogens with zero attached hydrogens (tertiary/aromatic N) is 2. The number of rotatable bonds is 6. The molecule has 1 saturated heterocycles. The van der Waals surface area contributed by atoms with Crippen LogP contribution in [-0.4, -0.2) is 62.8 Å². The van der Waals surface area contributed by atoms with Crippen LogP contribution in [0.2, 0.25) is 0 Å². The summed E-state index contributed by atoms with van der Waals surface area (Å²) in [4.78, 5) is 5.10. The van der Waals surface area contributed by atoms with Crippen LogP contribution >= 0.6 is 0 Å². The quantitative estimate of drug-likeness (QED) is 0.735. The molecule has 0 aromatic carbocycles.